The SMILES string of the molecule is C=CCO[P@](=O)(c1ccc(OC)cc1)N(CC=C)Cc1ccccc1. The van der Waals surface area contributed by atoms with Crippen LogP contribution >= 0.6 is 7.52 Å². The van der Waals surface area contributed by atoms with E-state index >= 15 is 0 Å². The lowest BCUT2D eigenvalue weighted by Crippen LogP contribution is -2.27. The van der Waals surface area contributed by atoms with E-state index in [9.17, 15) is 4.57 Å². The lowest BCUT2D eigenvalue weighted by molar-refractivity contribution is 0.297. The smallest absolute Gasteiger partial charge is 0.303 e. The van der Waals surface area contributed by atoms with Crippen molar-refractivity contribution in [2.75, 3.05) is 20.3 Å². The Bertz CT molecular complexity index is 728. The lowest BCUT2D eigenvalue weighted by atomic mass is 10.2. The Morgan fingerprint density at radius 2 is 1.72 bits per heavy atom. The maximum atomic E-state index is 13.8. The third-order valence-corrected chi connectivity index (χ3v) is 6.19. The van der Waals surface area contributed by atoms with E-state index in [-0.39, 0.29) is 6.61 Å². The molecule has 4 nitrogen and oxygen atoms in total. The number of hydrogen-bond acceptors (Lipinski definition) is 3. The molecule has 2 aromatic rings. The average Bonchev–Trinajstić information content (AvgIpc) is 2.66. The van der Waals surface area contributed by atoms with Gasteiger partial charge in [-0.15, -0.1) is 13.2 Å². The Kier molecular flexibility index (Phi) is 7.20. The van der Waals surface area contributed by atoms with E-state index in [1.807, 2.05) is 35.0 Å². The van der Waals surface area contributed by atoms with Crippen molar-refractivity contribution in [1.29, 1.82) is 0 Å². The van der Waals surface area contributed by atoms with Gasteiger partial charge >= 0.3 is 7.52 Å². The molecule has 132 valence electrons. The molecule has 0 aliphatic rings. The van der Waals surface area contributed by atoms with Gasteiger partial charge in [-0.3, -0.25) is 4.57 Å². The molecule has 0 unspecified atom stereocenters. The first kappa shape index (κ1) is 19.2. The summed E-state index contributed by atoms with van der Waals surface area (Å²) in [6.07, 6.45) is 3.33. The number of benzene rings is 2. The minimum Gasteiger partial charge on any atom is -0.497 e. The highest BCUT2D eigenvalue weighted by Crippen LogP contribution is 2.50. The van der Waals surface area contributed by atoms with Gasteiger partial charge in [0, 0.05) is 13.1 Å². The van der Waals surface area contributed by atoms with Crippen molar-refractivity contribution in [2.24, 2.45) is 0 Å². The van der Waals surface area contributed by atoms with Crippen molar-refractivity contribution in [3.05, 3.63) is 85.5 Å². The molecule has 1 atom stereocenters. The highest BCUT2D eigenvalue weighted by molar-refractivity contribution is 7.64. The van der Waals surface area contributed by atoms with Crippen LogP contribution in [0.15, 0.2) is 79.9 Å². The predicted octanol–water partition coefficient (Wildman–Crippen LogP) is 4.40. The molecule has 0 heterocycles. The summed E-state index contributed by atoms with van der Waals surface area (Å²) in [4.78, 5) is 0. The summed E-state index contributed by atoms with van der Waals surface area (Å²) in [5.74, 6) is 0.706. The molecule has 0 spiro atoms. The minimum absolute atomic E-state index is 0.200. The molecule has 5 heteroatoms. The van der Waals surface area contributed by atoms with Gasteiger partial charge in [0.05, 0.1) is 19.0 Å². The van der Waals surface area contributed by atoms with E-state index in [1.165, 1.54) is 0 Å². The van der Waals surface area contributed by atoms with E-state index in [2.05, 4.69) is 13.2 Å². The largest absolute Gasteiger partial charge is 0.497 e. The third-order valence-electron chi connectivity index (χ3n) is 3.69. The second kappa shape index (κ2) is 9.38. The molecule has 0 radical (unpaired) electrons. The summed E-state index contributed by atoms with van der Waals surface area (Å²) >= 11 is 0. The van der Waals surface area contributed by atoms with Crippen LogP contribution in [0.4, 0.5) is 0 Å². The van der Waals surface area contributed by atoms with Crippen LogP contribution in [0.2, 0.25) is 0 Å². The van der Waals surface area contributed by atoms with Crippen molar-refractivity contribution in [2.45, 2.75) is 6.54 Å². The molecule has 0 N–H and O–H groups in total. The standard InChI is InChI=1S/C20H24NO3P/c1-4-15-21(17-18-9-7-6-8-10-18)25(22,24-16-5-2)20-13-11-19(23-3)12-14-20/h4-14H,1-2,15-17H2,3H3/t25-/m1/s1. The minimum atomic E-state index is -3.28. The Morgan fingerprint density at radius 1 is 1.04 bits per heavy atom. The Balaban J connectivity index is 2.40. The summed E-state index contributed by atoms with van der Waals surface area (Å²) in [5, 5.41) is 0.618. The third kappa shape index (κ3) is 4.93. The van der Waals surface area contributed by atoms with Crippen LogP contribution in [-0.4, -0.2) is 24.9 Å². The highest BCUT2D eigenvalue weighted by atomic mass is 31.2. The van der Waals surface area contributed by atoms with Crippen molar-refractivity contribution >= 4 is 12.8 Å². The number of nitrogens with zero attached hydrogens (tertiary/aromatic N) is 1. The number of ether oxygens (including phenoxy) is 1. The number of methoxy groups -OCH3 is 1. The zero-order valence-corrected chi connectivity index (χ0v) is 15.4. The summed E-state index contributed by atoms with van der Waals surface area (Å²) in [6, 6.07) is 17.0. The Morgan fingerprint density at radius 3 is 2.28 bits per heavy atom. The molecule has 0 aliphatic heterocycles. The molecule has 0 saturated heterocycles. The highest BCUT2D eigenvalue weighted by Gasteiger charge is 2.33. The summed E-state index contributed by atoms with van der Waals surface area (Å²) in [7, 11) is -1.68. The zero-order chi connectivity index (χ0) is 18.1. The Hall–Kier alpha value is -2.13. The number of rotatable bonds is 10. The van der Waals surface area contributed by atoms with E-state index in [0.717, 1.165) is 5.56 Å². The summed E-state index contributed by atoms with van der Waals surface area (Å²) in [6.45, 7) is 8.60. The van der Waals surface area contributed by atoms with Crippen LogP contribution in [0.5, 0.6) is 5.75 Å². The van der Waals surface area contributed by atoms with Gasteiger partial charge in [0.25, 0.3) is 0 Å². The molecule has 0 bridgehead atoms. The predicted molar refractivity (Wildman–Crippen MR) is 103 cm³/mol. The van der Waals surface area contributed by atoms with E-state index < -0.39 is 7.52 Å². The van der Waals surface area contributed by atoms with Crippen LogP contribution in [0.25, 0.3) is 0 Å². The van der Waals surface area contributed by atoms with Crippen LogP contribution in [-0.2, 0) is 15.6 Å². The van der Waals surface area contributed by atoms with E-state index in [4.69, 9.17) is 9.26 Å². The van der Waals surface area contributed by atoms with Crippen LogP contribution < -0.4 is 10.0 Å². The molecule has 0 fully saturated rings. The topological polar surface area (TPSA) is 38.8 Å². The molecule has 2 aromatic carbocycles. The molecule has 2 rings (SSSR count). The van der Waals surface area contributed by atoms with Gasteiger partial charge in [0.1, 0.15) is 5.75 Å². The lowest BCUT2D eigenvalue weighted by Gasteiger charge is -2.30. The summed E-state index contributed by atoms with van der Waals surface area (Å²) < 4.78 is 26.6. The molecule has 25 heavy (non-hydrogen) atoms. The fourth-order valence-corrected chi connectivity index (χ4v) is 4.60. The van der Waals surface area contributed by atoms with Gasteiger partial charge < -0.3 is 9.26 Å². The number of hydrogen-bond donors (Lipinski definition) is 0. The van der Waals surface area contributed by atoms with Crippen molar-refractivity contribution in [1.82, 2.24) is 4.67 Å². The molecular formula is C20H24NO3P. The maximum absolute atomic E-state index is 13.8. The normalized spacial score (nSPS) is 13.2. The van der Waals surface area contributed by atoms with Crippen molar-refractivity contribution in [3.8, 4) is 5.75 Å². The molecule has 0 aromatic heterocycles. The van der Waals surface area contributed by atoms with Gasteiger partial charge in [-0.25, -0.2) is 4.67 Å². The summed E-state index contributed by atoms with van der Waals surface area (Å²) in [5.41, 5.74) is 1.06. The van der Waals surface area contributed by atoms with Crippen LogP contribution in [0, 0.1) is 0 Å². The second-order valence-corrected chi connectivity index (χ2v) is 7.81. The van der Waals surface area contributed by atoms with Gasteiger partial charge in [-0.1, -0.05) is 42.5 Å². The fraction of sp³-hybridized carbons (Fsp3) is 0.200. The van der Waals surface area contributed by atoms with Crippen LogP contribution in [0.1, 0.15) is 5.56 Å². The molecular weight excluding hydrogens is 333 g/mol. The van der Waals surface area contributed by atoms with Gasteiger partial charge in [0.2, 0.25) is 0 Å². The Labute approximate surface area is 149 Å². The first-order valence-electron chi connectivity index (χ1n) is 8.04. The van der Waals surface area contributed by atoms with Gasteiger partial charge in [0.15, 0.2) is 0 Å². The second-order valence-electron chi connectivity index (χ2n) is 5.42. The molecule has 0 amide bonds. The van der Waals surface area contributed by atoms with Gasteiger partial charge in [-0.05, 0) is 29.8 Å². The monoisotopic (exact) mass is 357 g/mol. The first-order chi connectivity index (χ1) is 12.1. The fourth-order valence-electron chi connectivity index (χ4n) is 2.45. The molecule has 0 saturated carbocycles. The maximum Gasteiger partial charge on any atom is 0.303 e. The van der Waals surface area contributed by atoms with Crippen LogP contribution in [0.3, 0.4) is 0 Å². The van der Waals surface area contributed by atoms with Gasteiger partial charge in [-0.2, -0.15) is 0 Å². The van der Waals surface area contributed by atoms with Crippen molar-refractivity contribution < 1.29 is 13.8 Å². The van der Waals surface area contributed by atoms with E-state index in [1.54, 1.807) is 43.5 Å². The quantitative estimate of drug-likeness (QED) is 0.467. The molecule has 0 aliphatic carbocycles. The first-order valence-corrected chi connectivity index (χ1v) is 9.62. The average molecular weight is 357 g/mol. The van der Waals surface area contributed by atoms with E-state index in [0.29, 0.717) is 24.1 Å². The van der Waals surface area contributed by atoms with Crippen molar-refractivity contribution in [3.63, 3.8) is 0 Å². The zero-order valence-electron chi connectivity index (χ0n) is 14.5.